The SMILES string of the molecule is CCN(CC)OC(=O)C(F)(F)S(=O)(=O)O. The number of alkyl halides is 2. The molecule has 0 rings (SSSR count). The molecule has 0 spiro atoms. The summed E-state index contributed by atoms with van der Waals surface area (Å²) in [4.78, 5) is 14.7. The Balaban J connectivity index is 4.73. The van der Waals surface area contributed by atoms with Gasteiger partial charge in [0.1, 0.15) is 0 Å². The third-order valence-corrected chi connectivity index (χ3v) is 2.29. The van der Waals surface area contributed by atoms with E-state index in [1.54, 1.807) is 0 Å². The molecule has 0 saturated carbocycles. The second kappa shape index (κ2) is 4.81. The van der Waals surface area contributed by atoms with Crippen molar-refractivity contribution < 1.29 is 31.4 Å². The van der Waals surface area contributed by atoms with Gasteiger partial charge >= 0.3 is 21.3 Å². The predicted molar refractivity (Wildman–Crippen MR) is 45.5 cm³/mol. The number of carbonyl (C=O) groups excluding carboxylic acids is 1. The minimum atomic E-state index is -5.80. The topological polar surface area (TPSA) is 83.9 Å². The molecule has 6 nitrogen and oxygen atoms in total. The molecule has 0 fully saturated rings. The van der Waals surface area contributed by atoms with Gasteiger partial charge in [0.15, 0.2) is 0 Å². The zero-order valence-corrected chi connectivity index (χ0v) is 8.92. The maximum atomic E-state index is 12.6. The lowest BCUT2D eigenvalue weighted by Crippen LogP contribution is -2.42. The molecule has 0 amide bonds. The van der Waals surface area contributed by atoms with Gasteiger partial charge in [-0.1, -0.05) is 0 Å². The van der Waals surface area contributed by atoms with E-state index in [-0.39, 0.29) is 13.1 Å². The fourth-order valence-corrected chi connectivity index (χ4v) is 0.876. The van der Waals surface area contributed by atoms with Crippen molar-refractivity contribution in [1.29, 1.82) is 0 Å². The summed E-state index contributed by atoms with van der Waals surface area (Å²) in [5, 5.41) is -4.13. The number of rotatable bonds is 5. The summed E-state index contributed by atoms with van der Waals surface area (Å²) in [5.41, 5.74) is 0. The Morgan fingerprint density at radius 2 is 1.80 bits per heavy atom. The Kier molecular flexibility index (Phi) is 4.56. The molecule has 90 valence electrons. The van der Waals surface area contributed by atoms with Gasteiger partial charge in [0.25, 0.3) is 0 Å². The van der Waals surface area contributed by atoms with Crippen LogP contribution in [0.5, 0.6) is 0 Å². The molecule has 0 aliphatic carbocycles. The number of hydrogen-bond donors (Lipinski definition) is 1. The average molecular weight is 247 g/mol. The highest BCUT2D eigenvalue weighted by Gasteiger charge is 2.55. The van der Waals surface area contributed by atoms with E-state index in [2.05, 4.69) is 4.84 Å². The number of hydroxylamine groups is 2. The fourth-order valence-electron chi connectivity index (χ4n) is 0.628. The van der Waals surface area contributed by atoms with Crippen LogP contribution >= 0.6 is 0 Å². The smallest absolute Gasteiger partial charge is 0.362 e. The molecule has 0 unspecified atom stereocenters. The molecule has 0 aromatic carbocycles. The molecule has 0 aliphatic rings. The Morgan fingerprint density at radius 3 is 2.07 bits per heavy atom. The molecule has 0 saturated heterocycles. The summed E-state index contributed by atoms with van der Waals surface area (Å²) in [6.07, 6.45) is 0. The number of hydrogen-bond acceptors (Lipinski definition) is 5. The van der Waals surface area contributed by atoms with E-state index in [1.165, 1.54) is 13.8 Å². The molecule has 0 heterocycles. The zero-order valence-electron chi connectivity index (χ0n) is 8.11. The third kappa shape index (κ3) is 3.36. The lowest BCUT2D eigenvalue weighted by atomic mass is 10.6. The monoisotopic (exact) mass is 247 g/mol. The third-order valence-electron chi connectivity index (χ3n) is 1.48. The second-order valence-corrected chi connectivity index (χ2v) is 3.95. The van der Waals surface area contributed by atoms with Crippen LogP contribution in [0.25, 0.3) is 0 Å². The Hall–Kier alpha value is -0.800. The summed E-state index contributed by atoms with van der Waals surface area (Å²) >= 11 is 0. The summed E-state index contributed by atoms with van der Waals surface area (Å²) in [7, 11) is -5.80. The molecule has 0 aromatic heterocycles. The van der Waals surface area contributed by atoms with Gasteiger partial charge in [-0.15, -0.1) is 5.06 Å². The normalized spacial score (nSPS) is 12.9. The average Bonchev–Trinajstić information content (AvgIpc) is 2.11. The van der Waals surface area contributed by atoms with E-state index in [4.69, 9.17) is 4.55 Å². The van der Waals surface area contributed by atoms with Crippen molar-refractivity contribution >= 4 is 16.1 Å². The van der Waals surface area contributed by atoms with Gasteiger partial charge in [-0.3, -0.25) is 4.55 Å². The predicted octanol–water partition coefficient (Wildman–Crippen LogP) is 0.267. The highest BCUT2D eigenvalue weighted by atomic mass is 32.2. The number of halogens is 2. The van der Waals surface area contributed by atoms with E-state index in [1.807, 2.05) is 0 Å². The van der Waals surface area contributed by atoms with Crippen LogP contribution in [-0.4, -0.2) is 42.3 Å². The van der Waals surface area contributed by atoms with Gasteiger partial charge in [-0.05, 0) is 13.8 Å². The maximum Gasteiger partial charge on any atom is 0.467 e. The van der Waals surface area contributed by atoms with Crippen LogP contribution in [0, 0.1) is 0 Å². The van der Waals surface area contributed by atoms with Crippen LogP contribution in [0.1, 0.15) is 13.8 Å². The van der Waals surface area contributed by atoms with Crippen LogP contribution in [0.15, 0.2) is 0 Å². The van der Waals surface area contributed by atoms with Crippen LogP contribution in [0.4, 0.5) is 8.78 Å². The minimum absolute atomic E-state index is 0.115. The molecule has 0 atom stereocenters. The van der Waals surface area contributed by atoms with Crippen molar-refractivity contribution in [3.8, 4) is 0 Å². The fraction of sp³-hybridized carbons (Fsp3) is 0.833. The molecule has 0 radical (unpaired) electrons. The molecule has 1 N–H and O–H groups in total. The van der Waals surface area contributed by atoms with Crippen molar-refractivity contribution in [3.05, 3.63) is 0 Å². The molecule has 0 aliphatic heterocycles. The van der Waals surface area contributed by atoms with Gasteiger partial charge in [0, 0.05) is 13.1 Å². The largest absolute Gasteiger partial charge is 0.467 e. The van der Waals surface area contributed by atoms with E-state index >= 15 is 0 Å². The first-order valence-corrected chi connectivity index (χ1v) is 5.43. The summed E-state index contributed by atoms with van der Waals surface area (Å²) in [5.74, 6) is -2.33. The van der Waals surface area contributed by atoms with Crippen molar-refractivity contribution in [2.45, 2.75) is 19.1 Å². The quantitative estimate of drug-likeness (QED) is 0.554. The second-order valence-electron chi connectivity index (χ2n) is 2.48. The Labute approximate surface area is 85.5 Å². The van der Waals surface area contributed by atoms with Crippen molar-refractivity contribution in [1.82, 2.24) is 5.06 Å². The number of carbonyl (C=O) groups is 1. The van der Waals surface area contributed by atoms with Gasteiger partial charge in [0.05, 0.1) is 0 Å². The first kappa shape index (κ1) is 14.2. The molecule has 15 heavy (non-hydrogen) atoms. The van der Waals surface area contributed by atoms with Gasteiger partial charge in [-0.2, -0.15) is 17.2 Å². The molecular formula is C6H11F2NO5S. The van der Waals surface area contributed by atoms with Crippen LogP contribution in [0.3, 0.4) is 0 Å². The zero-order chi connectivity index (χ0) is 12.3. The molecule has 0 bridgehead atoms. The first-order chi connectivity index (χ1) is 6.66. The molecule has 0 aromatic rings. The van der Waals surface area contributed by atoms with Crippen LogP contribution in [0.2, 0.25) is 0 Å². The van der Waals surface area contributed by atoms with E-state index in [9.17, 15) is 22.0 Å². The molecule has 9 heteroatoms. The maximum absolute atomic E-state index is 12.6. The molecular weight excluding hydrogens is 236 g/mol. The van der Waals surface area contributed by atoms with E-state index in [0.717, 1.165) is 5.06 Å². The van der Waals surface area contributed by atoms with Gasteiger partial charge in [-0.25, -0.2) is 4.79 Å². The summed E-state index contributed by atoms with van der Waals surface area (Å²) in [6.45, 7) is 3.26. The standard InChI is InChI=1S/C6H11F2NO5S/c1-3-9(4-2)14-5(10)6(7,8)15(11,12)13/h3-4H2,1-2H3,(H,11,12,13). The summed E-state index contributed by atoms with van der Waals surface area (Å²) in [6, 6.07) is 0. The lowest BCUT2D eigenvalue weighted by molar-refractivity contribution is -0.205. The van der Waals surface area contributed by atoms with Gasteiger partial charge < -0.3 is 4.84 Å². The van der Waals surface area contributed by atoms with Gasteiger partial charge in [0.2, 0.25) is 0 Å². The van der Waals surface area contributed by atoms with E-state index in [0.29, 0.717) is 0 Å². The summed E-state index contributed by atoms with van der Waals surface area (Å²) < 4.78 is 53.6. The van der Waals surface area contributed by atoms with Crippen molar-refractivity contribution in [2.75, 3.05) is 13.1 Å². The van der Waals surface area contributed by atoms with Crippen molar-refractivity contribution in [2.24, 2.45) is 0 Å². The lowest BCUT2D eigenvalue weighted by Gasteiger charge is -2.19. The Bertz CT molecular complexity index is 324. The van der Waals surface area contributed by atoms with Crippen LogP contribution < -0.4 is 0 Å². The first-order valence-electron chi connectivity index (χ1n) is 3.99. The number of nitrogens with zero attached hydrogens (tertiary/aromatic N) is 1. The Morgan fingerprint density at radius 1 is 1.40 bits per heavy atom. The highest BCUT2D eigenvalue weighted by Crippen LogP contribution is 2.22. The van der Waals surface area contributed by atoms with Crippen LogP contribution in [-0.2, 0) is 19.8 Å². The minimum Gasteiger partial charge on any atom is -0.362 e. The highest BCUT2D eigenvalue weighted by molar-refractivity contribution is 7.87. The van der Waals surface area contributed by atoms with E-state index < -0.39 is 21.3 Å². The van der Waals surface area contributed by atoms with Crippen molar-refractivity contribution in [3.63, 3.8) is 0 Å².